The van der Waals surface area contributed by atoms with Gasteiger partial charge in [0.15, 0.2) is 0 Å². The van der Waals surface area contributed by atoms with Crippen LogP contribution < -0.4 is 0 Å². The van der Waals surface area contributed by atoms with Crippen LogP contribution in [0.25, 0.3) is 0 Å². The fourth-order valence-corrected chi connectivity index (χ4v) is 5.08. The van der Waals surface area contributed by atoms with Crippen LogP contribution >= 0.6 is 0 Å². The van der Waals surface area contributed by atoms with Crippen LogP contribution in [-0.4, -0.2) is 0 Å². The van der Waals surface area contributed by atoms with Crippen molar-refractivity contribution in [3.05, 3.63) is 0 Å². The van der Waals surface area contributed by atoms with E-state index in [9.17, 15) is 0 Å². The average molecular weight is 236 g/mol. The van der Waals surface area contributed by atoms with E-state index in [1.165, 1.54) is 38.5 Å². The van der Waals surface area contributed by atoms with Gasteiger partial charge >= 0.3 is 0 Å². The molecule has 0 aromatic rings. The normalized spacial score (nSPS) is 48.0. The third-order valence-electron chi connectivity index (χ3n) is 5.22. The highest BCUT2D eigenvalue weighted by Gasteiger charge is 2.29. The lowest BCUT2D eigenvalue weighted by atomic mass is 9.69. The molecule has 0 aromatic heterocycles. The Hall–Kier alpha value is 0. The quantitative estimate of drug-likeness (QED) is 0.592. The molecule has 2 rings (SSSR count). The zero-order valence-electron chi connectivity index (χ0n) is 12.4. The fraction of sp³-hybridized carbons (Fsp3) is 1.00. The van der Waals surface area contributed by atoms with E-state index >= 15 is 0 Å². The van der Waals surface area contributed by atoms with Gasteiger partial charge in [0, 0.05) is 0 Å². The van der Waals surface area contributed by atoms with E-state index in [1.54, 1.807) is 6.42 Å². The number of hydrogen-bond donors (Lipinski definition) is 0. The topological polar surface area (TPSA) is 0 Å². The molecule has 0 N–H and O–H groups in total. The van der Waals surface area contributed by atoms with Crippen LogP contribution in [0.4, 0.5) is 0 Å². The lowest BCUT2D eigenvalue weighted by molar-refractivity contribution is 0.142. The van der Waals surface area contributed by atoms with Crippen LogP contribution in [0.1, 0.15) is 72.6 Å². The van der Waals surface area contributed by atoms with E-state index < -0.39 is 0 Å². The second-order valence-electron chi connectivity index (χ2n) is 7.80. The van der Waals surface area contributed by atoms with Crippen molar-refractivity contribution in [2.75, 3.05) is 0 Å². The maximum Gasteiger partial charge on any atom is -0.0407 e. The largest absolute Gasteiger partial charge is 0.0625 e. The van der Waals surface area contributed by atoms with Crippen molar-refractivity contribution in [3.8, 4) is 0 Å². The molecule has 0 amide bonds. The molecule has 2 fully saturated rings. The fourth-order valence-electron chi connectivity index (χ4n) is 5.08. The van der Waals surface area contributed by atoms with E-state index in [2.05, 4.69) is 27.7 Å². The van der Waals surface area contributed by atoms with Gasteiger partial charge in [-0.1, -0.05) is 27.7 Å². The molecule has 2 aliphatic rings. The van der Waals surface area contributed by atoms with Crippen LogP contribution in [0.15, 0.2) is 0 Å². The molecule has 0 aliphatic heterocycles. The summed E-state index contributed by atoms with van der Waals surface area (Å²) in [5.41, 5.74) is 0. The molecule has 4 unspecified atom stereocenters. The molecule has 0 saturated heterocycles. The van der Waals surface area contributed by atoms with Crippen molar-refractivity contribution in [1.82, 2.24) is 0 Å². The molecule has 0 bridgehead atoms. The highest BCUT2D eigenvalue weighted by Crippen LogP contribution is 2.41. The molecule has 2 saturated carbocycles. The van der Waals surface area contributed by atoms with E-state index in [0.717, 1.165) is 35.5 Å². The first-order valence-corrected chi connectivity index (χ1v) is 8.02. The second kappa shape index (κ2) is 5.76. The van der Waals surface area contributed by atoms with Crippen LogP contribution in [0, 0.1) is 35.5 Å². The first-order valence-electron chi connectivity index (χ1n) is 8.02. The van der Waals surface area contributed by atoms with E-state index in [0.29, 0.717) is 0 Å². The molecule has 2 aliphatic carbocycles. The summed E-state index contributed by atoms with van der Waals surface area (Å²) >= 11 is 0. The Balaban J connectivity index is 1.83. The molecule has 100 valence electrons. The van der Waals surface area contributed by atoms with Crippen molar-refractivity contribution >= 4 is 0 Å². The molecule has 0 heterocycles. The third-order valence-corrected chi connectivity index (χ3v) is 5.22. The van der Waals surface area contributed by atoms with Gasteiger partial charge in [0.05, 0.1) is 0 Å². The number of hydrogen-bond acceptors (Lipinski definition) is 0. The van der Waals surface area contributed by atoms with Crippen LogP contribution in [-0.2, 0) is 0 Å². The predicted octanol–water partition coefficient (Wildman–Crippen LogP) is 5.52. The van der Waals surface area contributed by atoms with Crippen molar-refractivity contribution < 1.29 is 0 Å². The van der Waals surface area contributed by atoms with Crippen molar-refractivity contribution in [2.24, 2.45) is 35.5 Å². The van der Waals surface area contributed by atoms with E-state index in [-0.39, 0.29) is 0 Å². The summed E-state index contributed by atoms with van der Waals surface area (Å²) in [6, 6.07) is 0. The Kier molecular flexibility index (Phi) is 4.55. The lowest BCUT2D eigenvalue weighted by Gasteiger charge is -2.37. The first kappa shape index (κ1) is 13.4. The van der Waals surface area contributed by atoms with Gasteiger partial charge < -0.3 is 0 Å². The maximum absolute atomic E-state index is 2.47. The monoisotopic (exact) mass is 236 g/mol. The standard InChI is InChI=1S/C17H32/c1-12-5-13(2)8-16(7-12)11-17-9-14(3)6-15(4)10-17/h12-17H,5-11H2,1-4H3. The molecule has 0 nitrogen and oxygen atoms in total. The molecule has 0 aromatic carbocycles. The van der Waals surface area contributed by atoms with Gasteiger partial charge in [-0.2, -0.15) is 0 Å². The van der Waals surface area contributed by atoms with Crippen LogP contribution in [0.3, 0.4) is 0 Å². The molecular weight excluding hydrogens is 204 g/mol. The first-order chi connectivity index (χ1) is 8.02. The highest BCUT2D eigenvalue weighted by atomic mass is 14.3. The summed E-state index contributed by atoms with van der Waals surface area (Å²) in [5, 5.41) is 0. The second-order valence-corrected chi connectivity index (χ2v) is 7.80. The van der Waals surface area contributed by atoms with Crippen molar-refractivity contribution in [3.63, 3.8) is 0 Å². The Morgan fingerprint density at radius 3 is 1.12 bits per heavy atom. The van der Waals surface area contributed by atoms with Gasteiger partial charge in [0.1, 0.15) is 0 Å². The zero-order chi connectivity index (χ0) is 12.4. The van der Waals surface area contributed by atoms with Gasteiger partial charge in [0.2, 0.25) is 0 Å². The van der Waals surface area contributed by atoms with E-state index in [4.69, 9.17) is 0 Å². The van der Waals surface area contributed by atoms with Crippen molar-refractivity contribution in [2.45, 2.75) is 72.6 Å². The Bertz CT molecular complexity index is 188. The summed E-state index contributed by atoms with van der Waals surface area (Å²) in [6.07, 6.45) is 10.6. The summed E-state index contributed by atoms with van der Waals surface area (Å²) in [5.74, 6) is 6.06. The third kappa shape index (κ3) is 4.00. The van der Waals surface area contributed by atoms with E-state index in [1.807, 2.05) is 0 Å². The van der Waals surface area contributed by atoms with Gasteiger partial charge in [-0.05, 0) is 80.5 Å². The molecule has 0 heteroatoms. The van der Waals surface area contributed by atoms with Gasteiger partial charge in [-0.15, -0.1) is 0 Å². The molecule has 4 atom stereocenters. The smallest absolute Gasteiger partial charge is 0.0407 e. The summed E-state index contributed by atoms with van der Waals surface area (Å²) in [6.45, 7) is 9.87. The van der Waals surface area contributed by atoms with Crippen LogP contribution in [0.5, 0.6) is 0 Å². The Morgan fingerprint density at radius 1 is 0.529 bits per heavy atom. The minimum atomic E-state index is 0.988. The Labute approximate surface area is 109 Å². The zero-order valence-corrected chi connectivity index (χ0v) is 12.4. The Morgan fingerprint density at radius 2 is 0.824 bits per heavy atom. The molecule has 17 heavy (non-hydrogen) atoms. The minimum Gasteiger partial charge on any atom is -0.0625 e. The van der Waals surface area contributed by atoms with Gasteiger partial charge in [-0.3, -0.25) is 0 Å². The minimum absolute atomic E-state index is 0.988. The number of rotatable bonds is 2. The van der Waals surface area contributed by atoms with Crippen molar-refractivity contribution in [1.29, 1.82) is 0 Å². The van der Waals surface area contributed by atoms with Gasteiger partial charge in [0.25, 0.3) is 0 Å². The van der Waals surface area contributed by atoms with Crippen LogP contribution in [0.2, 0.25) is 0 Å². The average Bonchev–Trinajstić information content (AvgIpc) is 2.13. The summed E-state index contributed by atoms with van der Waals surface area (Å²) in [7, 11) is 0. The predicted molar refractivity (Wildman–Crippen MR) is 76.0 cm³/mol. The SMILES string of the molecule is CC1CC(C)CC(CC2CC(C)CC(C)C2)C1. The molecule has 0 radical (unpaired) electrons. The summed E-state index contributed by atoms with van der Waals surface area (Å²) < 4.78 is 0. The molecule has 0 spiro atoms. The lowest BCUT2D eigenvalue weighted by Crippen LogP contribution is -2.25. The highest BCUT2D eigenvalue weighted by molar-refractivity contribution is 4.81. The summed E-state index contributed by atoms with van der Waals surface area (Å²) in [4.78, 5) is 0. The maximum atomic E-state index is 2.47. The molecular formula is C17H32. The van der Waals surface area contributed by atoms with Gasteiger partial charge in [-0.25, -0.2) is 0 Å².